The van der Waals surface area contributed by atoms with Gasteiger partial charge in [-0.15, -0.1) is 0 Å². The fourth-order valence-corrected chi connectivity index (χ4v) is 3.25. The van der Waals surface area contributed by atoms with Gasteiger partial charge in [0.25, 0.3) is 0 Å². The number of benzene rings is 1. The summed E-state index contributed by atoms with van der Waals surface area (Å²) < 4.78 is 0. The minimum atomic E-state index is 0.335. The Kier molecular flexibility index (Phi) is 3.76. The van der Waals surface area contributed by atoms with Gasteiger partial charge in [-0.1, -0.05) is 31.5 Å². The number of rotatable bonds is 5. The van der Waals surface area contributed by atoms with Crippen molar-refractivity contribution in [2.24, 2.45) is 5.41 Å². The van der Waals surface area contributed by atoms with E-state index in [1.54, 1.807) is 5.56 Å². The number of aryl methyl sites for hydroxylation is 2. The quantitative estimate of drug-likeness (QED) is 0.882. The van der Waals surface area contributed by atoms with Crippen molar-refractivity contribution in [3.05, 3.63) is 29.3 Å². The van der Waals surface area contributed by atoms with E-state index in [0.717, 1.165) is 19.1 Å². The zero-order chi connectivity index (χ0) is 14.2. The smallest absolute Gasteiger partial charge is 0.0399 e. The van der Waals surface area contributed by atoms with Crippen LogP contribution in [0.15, 0.2) is 18.2 Å². The number of anilines is 1. The summed E-state index contributed by atoms with van der Waals surface area (Å²) in [4.78, 5) is 2.60. The van der Waals surface area contributed by atoms with Crippen molar-refractivity contribution in [3.8, 4) is 0 Å². The molecule has 1 heterocycles. The average Bonchev–Trinajstić information content (AvgIpc) is 3.20. The number of nitrogens with zero attached hydrogens (tertiary/aromatic N) is 1. The van der Waals surface area contributed by atoms with Gasteiger partial charge in [0.05, 0.1) is 0 Å². The Hall–Kier alpha value is -1.02. The molecule has 1 saturated carbocycles. The van der Waals surface area contributed by atoms with Crippen molar-refractivity contribution < 1.29 is 0 Å². The van der Waals surface area contributed by atoms with Gasteiger partial charge in [0.15, 0.2) is 0 Å². The third kappa shape index (κ3) is 3.35. The lowest BCUT2D eigenvalue weighted by atomic mass is 9.90. The molecule has 2 heteroatoms. The third-order valence-electron chi connectivity index (χ3n) is 4.52. The molecule has 110 valence electrons. The lowest BCUT2D eigenvalue weighted by Gasteiger charge is -2.38. The average molecular weight is 272 g/mol. The Labute approximate surface area is 123 Å². The maximum absolute atomic E-state index is 3.69. The molecule has 0 spiro atoms. The van der Waals surface area contributed by atoms with Gasteiger partial charge in [-0.3, -0.25) is 0 Å². The molecule has 1 fully saturated rings. The van der Waals surface area contributed by atoms with Crippen molar-refractivity contribution in [2.75, 3.05) is 24.5 Å². The van der Waals surface area contributed by atoms with E-state index in [1.165, 1.54) is 43.5 Å². The molecule has 1 aliphatic carbocycles. The summed E-state index contributed by atoms with van der Waals surface area (Å²) in [6.45, 7) is 10.5. The first kappa shape index (κ1) is 13.9. The maximum atomic E-state index is 3.69. The molecule has 1 aromatic carbocycles. The maximum Gasteiger partial charge on any atom is 0.0399 e. The standard InChI is InChI=1S/C18H28N2/c1-14-6-9-17-15(11-14)5-4-10-20(17)13-18(2,3)12-19-16-7-8-16/h6,9,11,16,19H,4-5,7-8,10,12-13H2,1-3H3. The lowest BCUT2D eigenvalue weighted by Crippen LogP contribution is -2.43. The molecule has 1 aliphatic heterocycles. The highest BCUT2D eigenvalue weighted by Crippen LogP contribution is 2.31. The topological polar surface area (TPSA) is 15.3 Å². The summed E-state index contributed by atoms with van der Waals surface area (Å²) in [5.41, 5.74) is 4.74. The van der Waals surface area contributed by atoms with Gasteiger partial charge < -0.3 is 10.2 Å². The van der Waals surface area contributed by atoms with Gasteiger partial charge >= 0.3 is 0 Å². The number of fused-ring (bicyclic) bond motifs is 1. The summed E-state index contributed by atoms with van der Waals surface area (Å²) in [7, 11) is 0. The number of hydrogen-bond acceptors (Lipinski definition) is 2. The van der Waals surface area contributed by atoms with Crippen LogP contribution in [0.1, 0.15) is 44.2 Å². The van der Waals surface area contributed by atoms with Gasteiger partial charge in [0.2, 0.25) is 0 Å². The van der Waals surface area contributed by atoms with E-state index in [4.69, 9.17) is 0 Å². The lowest BCUT2D eigenvalue weighted by molar-refractivity contribution is 0.337. The highest BCUT2D eigenvalue weighted by atomic mass is 15.1. The van der Waals surface area contributed by atoms with Gasteiger partial charge in [0.1, 0.15) is 0 Å². The van der Waals surface area contributed by atoms with Crippen molar-refractivity contribution in [1.29, 1.82) is 0 Å². The first-order chi connectivity index (χ1) is 9.53. The molecule has 20 heavy (non-hydrogen) atoms. The molecule has 0 amide bonds. The molecule has 0 saturated heterocycles. The monoisotopic (exact) mass is 272 g/mol. The van der Waals surface area contributed by atoms with Crippen LogP contribution in [0.25, 0.3) is 0 Å². The molecule has 0 radical (unpaired) electrons. The predicted molar refractivity (Wildman–Crippen MR) is 86.5 cm³/mol. The molecule has 0 aromatic heterocycles. The Morgan fingerprint density at radius 3 is 2.85 bits per heavy atom. The summed E-state index contributed by atoms with van der Waals surface area (Å²) in [5.74, 6) is 0. The normalized spacial score (nSPS) is 19.1. The van der Waals surface area contributed by atoms with E-state index in [2.05, 4.69) is 49.2 Å². The summed E-state index contributed by atoms with van der Waals surface area (Å²) in [6, 6.07) is 7.77. The van der Waals surface area contributed by atoms with E-state index >= 15 is 0 Å². The van der Waals surface area contributed by atoms with Crippen LogP contribution in [0.3, 0.4) is 0 Å². The SMILES string of the molecule is Cc1ccc2c(c1)CCCN2CC(C)(C)CNC1CC1. The summed E-state index contributed by atoms with van der Waals surface area (Å²) >= 11 is 0. The van der Waals surface area contributed by atoms with Crippen LogP contribution in [-0.4, -0.2) is 25.7 Å². The van der Waals surface area contributed by atoms with Crippen LogP contribution >= 0.6 is 0 Å². The van der Waals surface area contributed by atoms with Crippen molar-refractivity contribution >= 4 is 5.69 Å². The minimum absolute atomic E-state index is 0.335. The molecular formula is C18H28N2. The molecule has 0 bridgehead atoms. The molecule has 2 aliphatic rings. The fraction of sp³-hybridized carbons (Fsp3) is 0.667. The number of nitrogens with one attached hydrogen (secondary N) is 1. The molecule has 3 rings (SSSR count). The van der Waals surface area contributed by atoms with E-state index in [0.29, 0.717) is 5.41 Å². The molecule has 0 unspecified atom stereocenters. The fourth-order valence-electron chi connectivity index (χ4n) is 3.25. The number of hydrogen-bond donors (Lipinski definition) is 1. The Morgan fingerprint density at radius 2 is 2.10 bits per heavy atom. The first-order valence-corrected chi connectivity index (χ1v) is 8.11. The molecule has 2 nitrogen and oxygen atoms in total. The summed E-state index contributed by atoms with van der Waals surface area (Å²) in [6.07, 6.45) is 5.29. The Balaban J connectivity index is 1.68. The minimum Gasteiger partial charge on any atom is -0.371 e. The molecule has 1 aromatic rings. The van der Waals surface area contributed by atoms with Gasteiger partial charge in [-0.25, -0.2) is 0 Å². The largest absolute Gasteiger partial charge is 0.371 e. The highest BCUT2D eigenvalue weighted by molar-refractivity contribution is 5.56. The van der Waals surface area contributed by atoms with Crippen LogP contribution in [0.2, 0.25) is 0 Å². The Bertz CT molecular complexity index is 474. The second-order valence-electron chi connectivity index (χ2n) is 7.48. The van der Waals surface area contributed by atoms with Crippen molar-refractivity contribution in [1.82, 2.24) is 5.32 Å². The van der Waals surface area contributed by atoms with Crippen LogP contribution in [0.4, 0.5) is 5.69 Å². The van der Waals surface area contributed by atoms with Crippen LogP contribution in [0, 0.1) is 12.3 Å². The first-order valence-electron chi connectivity index (χ1n) is 8.11. The van der Waals surface area contributed by atoms with E-state index in [9.17, 15) is 0 Å². The zero-order valence-corrected chi connectivity index (χ0v) is 13.2. The summed E-state index contributed by atoms with van der Waals surface area (Å²) in [5, 5.41) is 3.69. The second kappa shape index (κ2) is 5.40. The van der Waals surface area contributed by atoms with Crippen molar-refractivity contribution in [2.45, 2.75) is 52.5 Å². The zero-order valence-electron chi connectivity index (χ0n) is 13.2. The van der Waals surface area contributed by atoms with E-state index < -0.39 is 0 Å². The molecule has 1 N–H and O–H groups in total. The highest BCUT2D eigenvalue weighted by Gasteiger charge is 2.28. The molecule has 0 atom stereocenters. The van der Waals surface area contributed by atoms with E-state index in [-0.39, 0.29) is 0 Å². The second-order valence-corrected chi connectivity index (χ2v) is 7.48. The van der Waals surface area contributed by atoms with Crippen LogP contribution in [0.5, 0.6) is 0 Å². The van der Waals surface area contributed by atoms with Crippen LogP contribution < -0.4 is 10.2 Å². The van der Waals surface area contributed by atoms with Gasteiger partial charge in [-0.2, -0.15) is 0 Å². The molecular weight excluding hydrogens is 244 g/mol. The van der Waals surface area contributed by atoms with E-state index in [1.807, 2.05) is 0 Å². The van der Waals surface area contributed by atoms with Crippen LogP contribution in [-0.2, 0) is 6.42 Å². The third-order valence-corrected chi connectivity index (χ3v) is 4.52. The predicted octanol–water partition coefficient (Wildman–Crippen LogP) is 3.53. The van der Waals surface area contributed by atoms with Crippen molar-refractivity contribution in [3.63, 3.8) is 0 Å². The Morgan fingerprint density at radius 1 is 1.30 bits per heavy atom. The van der Waals surface area contributed by atoms with Gasteiger partial charge in [-0.05, 0) is 49.7 Å². The van der Waals surface area contributed by atoms with Gasteiger partial charge in [0, 0.05) is 31.4 Å².